The zero-order valence-corrected chi connectivity index (χ0v) is 12.2. The van der Waals surface area contributed by atoms with Crippen LogP contribution in [0.2, 0.25) is 0 Å². The summed E-state index contributed by atoms with van der Waals surface area (Å²) in [5.41, 5.74) is 7.53. The predicted molar refractivity (Wildman–Crippen MR) is 79.0 cm³/mol. The molecule has 1 fully saturated rings. The van der Waals surface area contributed by atoms with Gasteiger partial charge in [-0.1, -0.05) is 25.8 Å². The Hall–Kier alpha value is -1.26. The summed E-state index contributed by atoms with van der Waals surface area (Å²) in [4.78, 5) is 2.53. The van der Waals surface area contributed by atoms with Crippen LogP contribution in [0.4, 0.5) is 0 Å². The van der Waals surface area contributed by atoms with Crippen LogP contribution >= 0.6 is 0 Å². The van der Waals surface area contributed by atoms with Gasteiger partial charge >= 0.3 is 0 Å². The summed E-state index contributed by atoms with van der Waals surface area (Å²) in [6.45, 7) is 4.53. The van der Waals surface area contributed by atoms with E-state index in [-0.39, 0.29) is 6.04 Å². The van der Waals surface area contributed by atoms with Crippen molar-refractivity contribution in [1.82, 2.24) is 4.90 Å². The van der Waals surface area contributed by atoms with E-state index in [1.54, 1.807) is 0 Å². The van der Waals surface area contributed by atoms with Crippen molar-refractivity contribution in [1.29, 1.82) is 0 Å². The molecular formula is C16H24N2O2. The van der Waals surface area contributed by atoms with Gasteiger partial charge in [0.05, 0.1) is 0 Å². The van der Waals surface area contributed by atoms with Crippen LogP contribution in [0.3, 0.4) is 0 Å². The second kappa shape index (κ2) is 6.02. The van der Waals surface area contributed by atoms with Gasteiger partial charge in [0.25, 0.3) is 0 Å². The highest BCUT2D eigenvalue weighted by molar-refractivity contribution is 5.45. The molecule has 1 aromatic rings. The second-order valence-corrected chi connectivity index (χ2v) is 5.75. The highest BCUT2D eigenvalue weighted by Gasteiger charge is 2.24. The highest BCUT2D eigenvalue weighted by atomic mass is 16.7. The molecule has 2 aliphatic rings. The SMILES string of the molecule is CCN(CC(N)c1ccc2c(c1)OCO2)C1CCCC1. The Bertz CT molecular complexity index is 458. The van der Waals surface area contributed by atoms with Crippen molar-refractivity contribution in [2.24, 2.45) is 5.73 Å². The Morgan fingerprint density at radius 1 is 1.25 bits per heavy atom. The molecule has 0 aromatic heterocycles. The normalized spacial score (nSPS) is 19.8. The highest BCUT2D eigenvalue weighted by Crippen LogP contribution is 2.34. The molecule has 0 amide bonds. The zero-order valence-electron chi connectivity index (χ0n) is 12.2. The standard InChI is InChI=1S/C16H24N2O2/c1-2-18(13-5-3-4-6-13)10-14(17)12-7-8-15-16(9-12)20-11-19-15/h7-9,13-14H,2-6,10-11,17H2,1H3. The van der Waals surface area contributed by atoms with Crippen LogP contribution in [0.15, 0.2) is 18.2 Å². The molecule has 1 saturated carbocycles. The Morgan fingerprint density at radius 2 is 2.00 bits per heavy atom. The molecule has 110 valence electrons. The molecule has 4 nitrogen and oxygen atoms in total. The molecule has 2 N–H and O–H groups in total. The van der Waals surface area contributed by atoms with Crippen LogP contribution in [0, 0.1) is 0 Å². The van der Waals surface area contributed by atoms with E-state index in [0.717, 1.165) is 36.2 Å². The average Bonchev–Trinajstić information content (AvgIpc) is 3.14. The Morgan fingerprint density at radius 3 is 2.75 bits per heavy atom. The first-order valence-corrected chi connectivity index (χ1v) is 7.67. The van der Waals surface area contributed by atoms with Crippen molar-refractivity contribution in [2.75, 3.05) is 19.9 Å². The number of benzene rings is 1. The van der Waals surface area contributed by atoms with Crippen molar-refractivity contribution in [3.8, 4) is 11.5 Å². The van der Waals surface area contributed by atoms with Crippen molar-refractivity contribution in [2.45, 2.75) is 44.7 Å². The molecule has 1 atom stereocenters. The van der Waals surface area contributed by atoms with Gasteiger partial charge in [-0.2, -0.15) is 0 Å². The van der Waals surface area contributed by atoms with Crippen LogP contribution < -0.4 is 15.2 Å². The first-order chi connectivity index (χ1) is 9.78. The van der Waals surface area contributed by atoms with Gasteiger partial charge < -0.3 is 15.2 Å². The van der Waals surface area contributed by atoms with Gasteiger partial charge in [-0.3, -0.25) is 4.90 Å². The summed E-state index contributed by atoms with van der Waals surface area (Å²) in [6, 6.07) is 6.80. The topological polar surface area (TPSA) is 47.7 Å². The van der Waals surface area contributed by atoms with Gasteiger partial charge in [-0.15, -0.1) is 0 Å². The van der Waals surface area contributed by atoms with Gasteiger partial charge in [0.1, 0.15) is 0 Å². The summed E-state index contributed by atoms with van der Waals surface area (Å²) < 4.78 is 10.8. The summed E-state index contributed by atoms with van der Waals surface area (Å²) in [5.74, 6) is 1.64. The quantitative estimate of drug-likeness (QED) is 0.898. The molecule has 3 rings (SSSR count). The molecule has 0 radical (unpaired) electrons. The maximum atomic E-state index is 6.40. The van der Waals surface area contributed by atoms with E-state index in [0.29, 0.717) is 6.79 Å². The molecule has 1 aliphatic heterocycles. The molecule has 1 aliphatic carbocycles. The van der Waals surface area contributed by atoms with Crippen LogP contribution in [0.25, 0.3) is 0 Å². The number of nitrogens with zero attached hydrogens (tertiary/aromatic N) is 1. The third-order valence-corrected chi connectivity index (χ3v) is 4.50. The van der Waals surface area contributed by atoms with Crippen LogP contribution in [0.1, 0.15) is 44.2 Å². The maximum absolute atomic E-state index is 6.40. The summed E-state index contributed by atoms with van der Waals surface area (Å²) in [7, 11) is 0. The summed E-state index contributed by atoms with van der Waals surface area (Å²) >= 11 is 0. The van der Waals surface area contributed by atoms with Gasteiger partial charge in [0, 0.05) is 18.6 Å². The third-order valence-electron chi connectivity index (χ3n) is 4.50. The molecular weight excluding hydrogens is 252 g/mol. The molecule has 0 spiro atoms. The number of hydrogen-bond acceptors (Lipinski definition) is 4. The zero-order chi connectivity index (χ0) is 13.9. The van der Waals surface area contributed by atoms with Gasteiger partial charge in [0.15, 0.2) is 11.5 Å². The largest absolute Gasteiger partial charge is 0.454 e. The van der Waals surface area contributed by atoms with E-state index in [1.807, 2.05) is 12.1 Å². The first kappa shape index (κ1) is 13.7. The molecule has 4 heteroatoms. The molecule has 1 heterocycles. The van der Waals surface area contributed by atoms with Crippen molar-refractivity contribution in [3.05, 3.63) is 23.8 Å². The minimum Gasteiger partial charge on any atom is -0.454 e. The average molecular weight is 276 g/mol. The minimum absolute atomic E-state index is 0.0325. The fourth-order valence-electron chi connectivity index (χ4n) is 3.31. The van der Waals surface area contributed by atoms with Crippen molar-refractivity contribution < 1.29 is 9.47 Å². The minimum atomic E-state index is 0.0325. The lowest BCUT2D eigenvalue weighted by atomic mass is 10.1. The summed E-state index contributed by atoms with van der Waals surface area (Å²) in [5, 5.41) is 0. The van der Waals surface area contributed by atoms with E-state index in [1.165, 1.54) is 25.7 Å². The molecule has 1 aromatic carbocycles. The number of nitrogens with two attached hydrogens (primary N) is 1. The maximum Gasteiger partial charge on any atom is 0.231 e. The Kier molecular flexibility index (Phi) is 4.13. The number of likely N-dealkylation sites (N-methyl/N-ethyl adjacent to an activating group) is 1. The molecule has 0 saturated heterocycles. The predicted octanol–water partition coefficient (Wildman–Crippen LogP) is 2.68. The lowest BCUT2D eigenvalue weighted by Gasteiger charge is -2.30. The Labute approximate surface area is 120 Å². The smallest absolute Gasteiger partial charge is 0.231 e. The number of hydrogen-bond donors (Lipinski definition) is 1. The summed E-state index contributed by atoms with van der Waals surface area (Å²) in [6.07, 6.45) is 5.37. The Balaban J connectivity index is 1.67. The van der Waals surface area contributed by atoms with Crippen LogP contribution in [-0.4, -0.2) is 30.8 Å². The second-order valence-electron chi connectivity index (χ2n) is 5.75. The lowest BCUT2D eigenvalue weighted by molar-refractivity contribution is 0.174. The van der Waals surface area contributed by atoms with Gasteiger partial charge in [-0.25, -0.2) is 0 Å². The van der Waals surface area contributed by atoms with Crippen molar-refractivity contribution >= 4 is 0 Å². The number of rotatable bonds is 5. The van der Waals surface area contributed by atoms with E-state index in [2.05, 4.69) is 17.9 Å². The fraction of sp³-hybridized carbons (Fsp3) is 0.625. The first-order valence-electron chi connectivity index (χ1n) is 7.67. The van der Waals surface area contributed by atoms with Crippen LogP contribution in [-0.2, 0) is 0 Å². The van der Waals surface area contributed by atoms with Gasteiger partial charge in [0.2, 0.25) is 6.79 Å². The van der Waals surface area contributed by atoms with Crippen LogP contribution in [0.5, 0.6) is 11.5 Å². The molecule has 20 heavy (non-hydrogen) atoms. The van der Waals surface area contributed by atoms with Gasteiger partial charge in [-0.05, 0) is 37.1 Å². The van der Waals surface area contributed by atoms with Crippen molar-refractivity contribution in [3.63, 3.8) is 0 Å². The van der Waals surface area contributed by atoms with E-state index in [9.17, 15) is 0 Å². The molecule has 0 bridgehead atoms. The fourth-order valence-corrected chi connectivity index (χ4v) is 3.31. The molecule has 1 unspecified atom stereocenters. The van der Waals surface area contributed by atoms with E-state index >= 15 is 0 Å². The number of fused-ring (bicyclic) bond motifs is 1. The van der Waals surface area contributed by atoms with E-state index < -0.39 is 0 Å². The lowest BCUT2D eigenvalue weighted by Crippen LogP contribution is -2.38. The number of ether oxygens (including phenoxy) is 2. The monoisotopic (exact) mass is 276 g/mol. The van der Waals surface area contributed by atoms with E-state index in [4.69, 9.17) is 15.2 Å². The third kappa shape index (κ3) is 2.76.